The van der Waals surface area contributed by atoms with Gasteiger partial charge < -0.3 is 9.26 Å². The number of nitrogens with zero attached hydrogens (tertiary/aromatic N) is 1. The molecule has 180 valence electrons. The third-order valence-corrected chi connectivity index (χ3v) is 10.2. The topological polar surface area (TPSA) is 30.8 Å². The van der Waals surface area contributed by atoms with E-state index in [0.717, 1.165) is 11.3 Å². The van der Waals surface area contributed by atoms with Crippen LogP contribution in [0.25, 0.3) is 21.5 Å². The minimum absolute atomic E-state index is 0.260. The van der Waals surface area contributed by atoms with Gasteiger partial charge in [0, 0.05) is 0 Å². The number of hydrogen-bond donors (Lipinski definition) is 0. The Bertz CT molecular complexity index is 1430. The fourth-order valence-electron chi connectivity index (χ4n) is 4.66. The normalized spacial score (nSPS) is 12.4. The molecule has 0 radical (unpaired) electrons. The van der Waals surface area contributed by atoms with Gasteiger partial charge in [-0.2, -0.15) is 0 Å². The number of fused-ring (bicyclic) bond motifs is 2. The second-order valence-electron chi connectivity index (χ2n) is 9.51. The van der Waals surface area contributed by atoms with E-state index in [1.807, 2.05) is 32.0 Å². The molecule has 5 aromatic carbocycles. The summed E-state index contributed by atoms with van der Waals surface area (Å²) in [6.07, 6.45) is -0.260. The van der Waals surface area contributed by atoms with E-state index in [1.54, 1.807) is 0 Å². The Morgan fingerprint density at radius 1 is 0.667 bits per heavy atom. The Kier molecular flexibility index (Phi) is 6.99. The van der Waals surface area contributed by atoms with Crippen molar-refractivity contribution in [3.63, 3.8) is 0 Å². The van der Waals surface area contributed by atoms with Gasteiger partial charge in [-0.1, -0.05) is 120 Å². The summed E-state index contributed by atoms with van der Waals surface area (Å²) in [6.45, 7) is 6.51. The highest BCUT2D eigenvalue weighted by molar-refractivity contribution is 6.96. The molecule has 0 spiro atoms. The summed E-state index contributed by atoms with van der Waals surface area (Å²) in [5.74, 6) is 0. The van der Waals surface area contributed by atoms with Crippen molar-refractivity contribution in [1.29, 1.82) is 0 Å². The van der Waals surface area contributed by atoms with Crippen molar-refractivity contribution in [3.05, 3.63) is 121 Å². The molecule has 0 N–H and O–H groups in total. The van der Waals surface area contributed by atoms with Crippen molar-refractivity contribution in [1.82, 2.24) is 0 Å². The fourth-order valence-corrected chi connectivity index (χ4v) is 7.70. The van der Waals surface area contributed by atoms with Crippen LogP contribution in [0.5, 0.6) is 0 Å². The van der Waals surface area contributed by atoms with Gasteiger partial charge in [-0.3, -0.25) is 0 Å². The quantitative estimate of drug-likeness (QED) is 0.136. The molecule has 1 atom stereocenters. The van der Waals surface area contributed by atoms with E-state index in [0.29, 0.717) is 6.61 Å². The molecule has 0 saturated heterocycles. The van der Waals surface area contributed by atoms with Crippen molar-refractivity contribution in [2.75, 3.05) is 6.61 Å². The Morgan fingerprint density at radius 3 is 1.69 bits per heavy atom. The van der Waals surface area contributed by atoms with E-state index in [9.17, 15) is 0 Å². The maximum atomic E-state index is 7.22. The van der Waals surface area contributed by atoms with Gasteiger partial charge in [0.25, 0.3) is 8.32 Å². The lowest BCUT2D eigenvalue weighted by Gasteiger charge is -2.33. The van der Waals surface area contributed by atoms with Crippen molar-refractivity contribution in [2.24, 2.45) is 5.16 Å². The minimum atomic E-state index is -2.69. The fraction of sp³-hybridized carbons (Fsp3) is 0.156. The molecule has 5 rings (SSSR count). The minimum Gasteiger partial charge on any atom is -0.398 e. The lowest BCUT2D eigenvalue weighted by molar-refractivity contribution is 0.0511. The lowest BCUT2D eigenvalue weighted by Crippen LogP contribution is -2.59. The van der Waals surface area contributed by atoms with Crippen LogP contribution < -0.4 is 10.4 Å². The summed E-state index contributed by atoms with van der Waals surface area (Å²) in [7, 11) is -2.69. The van der Waals surface area contributed by atoms with E-state index < -0.39 is 8.32 Å². The van der Waals surface area contributed by atoms with E-state index in [1.165, 1.54) is 31.9 Å². The smallest absolute Gasteiger partial charge is 0.253 e. The molecule has 0 aliphatic rings. The van der Waals surface area contributed by atoms with Crippen LogP contribution in [0.4, 0.5) is 0 Å². The highest BCUT2D eigenvalue weighted by Crippen LogP contribution is 2.25. The zero-order valence-electron chi connectivity index (χ0n) is 21.0. The summed E-state index contributed by atoms with van der Waals surface area (Å²) in [6, 6.07) is 40.8. The van der Waals surface area contributed by atoms with E-state index in [-0.39, 0.29) is 6.10 Å². The van der Waals surface area contributed by atoms with Crippen LogP contribution in [-0.2, 0) is 9.26 Å². The van der Waals surface area contributed by atoms with Gasteiger partial charge >= 0.3 is 0 Å². The highest BCUT2D eigenvalue weighted by Gasteiger charge is 2.38. The molecule has 0 bridgehead atoms. The lowest BCUT2D eigenvalue weighted by atomic mass is 10.1. The average Bonchev–Trinajstić information content (AvgIpc) is 2.92. The monoisotopic (exact) mass is 489 g/mol. The Morgan fingerprint density at radius 2 is 1.17 bits per heavy atom. The van der Waals surface area contributed by atoms with Crippen LogP contribution in [0.3, 0.4) is 0 Å². The molecule has 0 aliphatic heterocycles. The molecule has 0 fully saturated rings. The largest absolute Gasteiger partial charge is 0.398 e. The number of benzene rings is 5. The Labute approximate surface area is 214 Å². The van der Waals surface area contributed by atoms with E-state index in [4.69, 9.17) is 9.26 Å². The molecule has 4 heteroatoms. The van der Waals surface area contributed by atoms with Crippen molar-refractivity contribution < 1.29 is 9.26 Å². The zero-order valence-corrected chi connectivity index (χ0v) is 22.0. The predicted octanol–water partition coefficient (Wildman–Crippen LogP) is 6.85. The molecule has 0 saturated carbocycles. The number of rotatable bonds is 8. The summed E-state index contributed by atoms with van der Waals surface area (Å²) < 4.78 is 7.22. The second kappa shape index (κ2) is 10.5. The third-order valence-electron chi connectivity index (χ3n) is 6.62. The van der Waals surface area contributed by atoms with Crippen molar-refractivity contribution in [3.8, 4) is 0 Å². The third kappa shape index (κ3) is 5.10. The first-order valence-corrected chi connectivity index (χ1v) is 14.8. The van der Waals surface area contributed by atoms with Gasteiger partial charge in [0.2, 0.25) is 0 Å². The summed E-state index contributed by atoms with van der Waals surface area (Å²) >= 11 is 0. The van der Waals surface area contributed by atoms with Crippen LogP contribution in [0.1, 0.15) is 25.5 Å². The predicted molar refractivity (Wildman–Crippen MR) is 154 cm³/mol. The van der Waals surface area contributed by atoms with Gasteiger partial charge in [-0.05, 0) is 57.9 Å². The summed E-state index contributed by atoms with van der Waals surface area (Å²) in [5.41, 5.74) is 1.97. The van der Waals surface area contributed by atoms with Gasteiger partial charge in [-0.15, -0.1) is 0 Å². The first-order chi connectivity index (χ1) is 17.5. The van der Waals surface area contributed by atoms with Crippen molar-refractivity contribution in [2.45, 2.75) is 26.5 Å². The maximum absolute atomic E-state index is 7.22. The SMILES string of the molecule is CC(C)=NOC[C@H](O[Si](C)(c1ccc2ccccc2c1)c1ccc2ccccc2c1)c1ccccc1. The summed E-state index contributed by atoms with van der Waals surface area (Å²) in [4.78, 5) is 5.75. The van der Waals surface area contributed by atoms with Gasteiger partial charge in [0.15, 0.2) is 0 Å². The number of oxime groups is 1. The molecule has 0 heterocycles. The zero-order chi connectivity index (χ0) is 25.0. The van der Waals surface area contributed by atoms with Crippen molar-refractivity contribution >= 4 is 45.9 Å². The van der Waals surface area contributed by atoms with Gasteiger partial charge in [0.05, 0.1) is 5.71 Å². The summed E-state index contributed by atoms with van der Waals surface area (Å²) in [5, 5.41) is 11.6. The van der Waals surface area contributed by atoms with E-state index in [2.05, 4.69) is 109 Å². The molecule has 0 aromatic heterocycles. The Hall–Kier alpha value is -3.73. The molecular formula is C32H31NO2Si. The van der Waals surface area contributed by atoms with Crippen LogP contribution in [-0.4, -0.2) is 20.6 Å². The van der Waals surface area contributed by atoms with Crippen LogP contribution in [0.15, 0.2) is 120 Å². The molecule has 0 amide bonds. The molecule has 0 unspecified atom stereocenters. The average molecular weight is 490 g/mol. The molecular weight excluding hydrogens is 458 g/mol. The standard InChI is InChI=1S/C32H31NO2Si/c1-24(2)33-34-23-32(27-13-5-4-6-14-27)35-36(3,30-19-17-25-11-7-9-15-28(25)21-30)31-20-18-26-12-8-10-16-29(26)22-31/h4-22,32H,23H2,1-3H3/t32-/m0/s1. The molecule has 5 aromatic rings. The first-order valence-electron chi connectivity index (χ1n) is 12.4. The molecule has 0 aliphatic carbocycles. The maximum Gasteiger partial charge on any atom is 0.253 e. The molecule has 36 heavy (non-hydrogen) atoms. The highest BCUT2D eigenvalue weighted by atomic mass is 28.4. The first kappa shape index (κ1) is 24.0. The van der Waals surface area contributed by atoms with Crippen LogP contribution >= 0.6 is 0 Å². The van der Waals surface area contributed by atoms with Gasteiger partial charge in [0.1, 0.15) is 12.7 Å². The second-order valence-corrected chi connectivity index (χ2v) is 13.0. The number of hydrogen-bond acceptors (Lipinski definition) is 3. The van der Waals surface area contributed by atoms with Crippen LogP contribution in [0.2, 0.25) is 6.55 Å². The van der Waals surface area contributed by atoms with Gasteiger partial charge in [-0.25, -0.2) is 0 Å². The van der Waals surface area contributed by atoms with E-state index >= 15 is 0 Å². The van der Waals surface area contributed by atoms with Crippen LogP contribution in [0, 0.1) is 0 Å². The Balaban J connectivity index is 1.64. The molecule has 3 nitrogen and oxygen atoms in total.